The molecule has 0 aliphatic carbocycles. The van der Waals surface area contributed by atoms with Gasteiger partial charge in [0, 0.05) is 31.0 Å². The van der Waals surface area contributed by atoms with Gasteiger partial charge in [-0.15, -0.1) is 11.8 Å². The Bertz CT molecular complexity index is 957. The van der Waals surface area contributed by atoms with E-state index in [0.29, 0.717) is 36.5 Å². The number of nitrogens with one attached hydrogen (secondary N) is 1. The molecule has 2 atom stereocenters. The number of fused-ring (bicyclic) bond motifs is 1. The molecule has 30 heavy (non-hydrogen) atoms. The van der Waals surface area contributed by atoms with E-state index in [-0.39, 0.29) is 21.6 Å². The van der Waals surface area contributed by atoms with Gasteiger partial charge in [0.1, 0.15) is 6.04 Å². The fraction of sp³-hybridized carbons (Fsp3) is 0.619. The third kappa shape index (κ3) is 3.87. The largest absolute Gasteiger partial charge is 0.324 e. The lowest BCUT2D eigenvalue weighted by molar-refractivity contribution is -0.135. The number of rotatable bonds is 4. The molecule has 164 valence electrons. The topological polar surface area (TPSA) is 86.8 Å². The molecule has 3 aliphatic heterocycles. The third-order valence-corrected chi connectivity index (χ3v) is 9.93. The first-order valence-corrected chi connectivity index (χ1v) is 13.0. The van der Waals surface area contributed by atoms with Crippen LogP contribution in [0.5, 0.6) is 0 Å². The summed E-state index contributed by atoms with van der Waals surface area (Å²) >= 11 is 1.64. The van der Waals surface area contributed by atoms with E-state index in [4.69, 9.17) is 0 Å². The Morgan fingerprint density at radius 3 is 2.60 bits per heavy atom. The molecule has 0 bridgehead atoms. The smallest absolute Gasteiger partial charge is 0.248 e. The van der Waals surface area contributed by atoms with Crippen LogP contribution in [0.1, 0.15) is 51.0 Å². The molecule has 3 fully saturated rings. The van der Waals surface area contributed by atoms with E-state index in [1.807, 2.05) is 6.92 Å². The average Bonchev–Trinajstić information content (AvgIpc) is 3.04. The van der Waals surface area contributed by atoms with Crippen LogP contribution in [0, 0.1) is 6.92 Å². The summed E-state index contributed by atoms with van der Waals surface area (Å²) in [5, 5.41) is 2.86. The first-order chi connectivity index (χ1) is 14.2. The number of carbonyl (C=O) groups is 2. The standard InChI is InChI=1S/C21H29N3O4S2/c1-15-7-8-16(13-18(15)30(27,28)23-11-5-3-4-6-12-23)22-20(26)17-14-29-21(2)10-9-19(25)24(17)21/h7-8,13,17H,3-6,9-12,14H2,1-2H3,(H,22,26)/t17-,21+/m1/s1. The van der Waals surface area contributed by atoms with Crippen molar-refractivity contribution in [3.8, 4) is 0 Å². The Morgan fingerprint density at radius 2 is 1.90 bits per heavy atom. The van der Waals surface area contributed by atoms with Crippen LogP contribution in [0.4, 0.5) is 5.69 Å². The van der Waals surface area contributed by atoms with E-state index in [1.165, 1.54) is 0 Å². The Morgan fingerprint density at radius 1 is 1.20 bits per heavy atom. The highest BCUT2D eigenvalue weighted by Gasteiger charge is 2.52. The Labute approximate surface area is 182 Å². The van der Waals surface area contributed by atoms with Gasteiger partial charge in [-0.1, -0.05) is 18.9 Å². The van der Waals surface area contributed by atoms with Gasteiger partial charge in [0.25, 0.3) is 0 Å². The molecule has 2 amide bonds. The van der Waals surface area contributed by atoms with Gasteiger partial charge in [-0.05, 0) is 50.8 Å². The molecule has 0 unspecified atom stereocenters. The molecular weight excluding hydrogens is 422 g/mol. The van der Waals surface area contributed by atoms with Crippen molar-refractivity contribution in [1.29, 1.82) is 0 Å². The number of carbonyl (C=O) groups excluding carboxylic acids is 2. The zero-order valence-corrected chi connectivity index (χ0v) is 19.2. The molecule has 1 aromatic rings. The molecule has 0 saturated carbocycles. The molecule has 1 aromatic carbocycles. The second kappa shape index (κ2) is 8.16. The van der Waals surface area contributed by atoms with Crippen molar-refractivity contribution in [2.24, 2.45) is 0 Å². The molecule has 1 N–H and O–H groups in total. The lowest BCUT2D eigenvalue weighted by Gasteiger charge is -2.30. The van der Waals surface area contributed by atoms with Crippen LogP contribution in [0.25, 0.3) is 0 Å². The summed E-state index contributed by atoms with van der Waals surface area (Å²) in [6.07, 6.45) is 5.07. The van der Waals surface area contributed by atoms with E-state index >= 15 is 0 Å². The first-order valence-electron chi connectivity index (χ1n) is 10.6. The molecule has 0 radical (unpaired) electrons. The monoisotopic (exact) mass is 451 g/mol. The minimum atomic E-state index is -3.61. The van der Waals surface area contributed by atoms with Crippen LogP contribution in [-0.2, 0) is 19.6 Å². The van der Waals surface area contributed by atoms with E-state index in [9.17, 15) is 18.0 Å². The normalized spacial score (nSPS) is 27.7. The summed E-state index contributed by atoms with van der Waals surface area (Å²) in [6, 6.07) is 4.49. The summed E-state index contributed by atoms with van der Waals surface area (Å²) in [7, 11) is -3.61. The van der Waals surface area contributed by atoms with Crippen molar-refractivity contribution in [3.05, 3.63) is 23.8 Å². The predicted octanol–water partition coefficient (Wildman–Crippen LogP) is 2.95. The maximum absolute atomic E-state index is 13.2. The molecule has 7 nitrogen and oxygen atoms in total. The number of benzene rings is 1. The maximum Gasteiger partial charge on any atom is 0.248 e. The van der Waals surface area contributed by atoms with E-state index in [1.54, 1.807) is 46.1 Å². The SMILES string of the molecule is Cc1ccc(NC(=O)[C@H]2CS[C@@]3(C)CCC(=O)N23)cc1S(=O)(=O)N1CCCCCC1. The van der Waals surface area contributed by atoms with Crippen LogP contribution in [0.2, 0.25) is 0 Å². The van der Waals surface area contributed by atoms with E-state index in [0.717, 1.165) is 32.1 Å². The second-order valence-corrected chi connectivity index (χ2v) is 12.0. The van der Waals surface area contributed by atoms with E-state index < -0.39 is 16.1 Å². The van der Waals surface area contributed by atoms with Gasteiger partial charge in [-0.2, -0.15) is 4.31 Å². The van der Waals surface area contributed by atoms with Gasteiger partial charge in [0.05, 0.1) is 9.77 Å². The van der Waals surface area contributed by atoms with Crippen molar-refractivity contribution in [2.45, 2.75) is 68.2 Å². The quantitative estimate of drug-likeness (QED) is 0.761. The fourth-order valence-corrected chi connectivity index (χ4v) is 7.82. The summed E-state index contributed by atoms with van der Waals surface area (Å²) in [6.45, 7) is 4.85. The van der Waals surface area contributed by atoms with Gasteiger partial charge >= 0.3 is 0 Å². The van der Waals surface area contributed by atoms with Crippen molar-refractivity contribution >= 4 is 39.3 Å². The van der Waals surface area contributed by atoms with Crippen molar-refractivity contribution in [3.63, 3.8) is 0 Å². The van der Waals surface area contributed by atoms with Crippen LogP contribution < -0.4 is 5.32 Å². The minimum absolute atomic E-state index is 0.0102. The maximum atomic E-state index is 13.2. The van der Waals surface area contributed by atoms with Gasteiger partial charge < -0.3 is 10.2 Å². The van der Waals surface area contributed by atoms with Gasteiger partial charge in [-0.3, -0.25) is 9.59 Å². The number of hydrogen-bond acceptors (Lipinski definition) is 5. The van der Waals surface area contributed by atoms with Crippen molar-refractivity contribution < 1.29 is 18.0 Å². The molecule has 3 aliphatic rings. The van der Waals surface area contributed by atoms with Crippen molar-refractivity contribution in [2.75, 3.05) is 24.2 Å². The predicted molar refractivity (Wildman–Crippen MR) is 118 cm³/mol. The lowest BCUT2D eigenvalue weighted by atomic mass is 10.2. The number of aryl methyl sites for hydroxylation is 1. The highest BCUT2D eigenvalue weighted by molar-refractivity contribution is 8.01. The summed E-state index contributed by atoms with van der Waals surface area (Å²) in [5.41, 5.74) is 1.11. The molecule has 3 saturated heterocycles. The molecule has 0 aromatic heterocycles. The number of nitrogens with zero attached hydrogens (tertiary/aromatic N) is 2. The van der Waals surface area contributed by atoms with Gasteiger partial charge in [-0.25, -0.2) is 8.42 Å². The summed E-state index contributed by atoms with van der Waals surface area (Å²) < 4.78 is 28.1. The molecule has 0 spiro atoms. The Kier molecular flexibility index (Phi) is 5.89. The highest BCUT2D eigenvalue weighted by Crippen LogP contribution is 2.47. The zero-order chi connectivity index (χ0) is 21.5. The second-order valence-electron chi connectivity index (χ2n) is 8.55. The third-order valence-electron chi connectivity index (χ3n) is 6.39. The molecule has 9 heteroatoms. The number of sulfonamides is 1. The van der Waals surface area contributed by atoms with Crippen LogP contribution in [0.3, 0.4) is 0 Å². The summed E-state index contributed by atoms with van der Waals surface area (Å²) in [5.74, 6) is 0.304. The Balaban J connectivity index is 1.55. The van der Waals surface area contributed by atoms with Crippen LogP contribution in [-0.4, -0.2) is 59.2 Å². The molecule has 4 rings (SSSR count). The number of anilines is 1. The van der Waals surface area contributed by atoms with Crippen molar-refractivity contribution in [1.82, 2.24) is 9.21 Å². The number of hydrogen-bond donors (Lipinski definition) is 1. The minimum Gasteiger partial charge on any atom is -0.324 e. The molecular formula is C21H29N3O4S2. The lowest BCUT2D eigenvalue weighted by Crippen LogP contribution is -2.48. The first kappa shape index (κ1) is 21.6. The Hall–Kier alpha value is -1.58. The van der Waals surface area contributed by atoms with Gasteiger partial charge in [0.15, 0.2) is 0 Å². The number of thioether (sulfide) groups is 1. The van der Waals surface area contributed by atoms with Crippen LogP contribution >= 0.6 is 11.8 Å². The fourth-order valence-electron chi connectivity index (χ4n) is 4.62. The highest BCUT2D eigenvalue weighted by atomic mass is 32.2. The molecule has 3 heterocycles. The number of amides is 2. The van der Waals surface area contributed by atoms with Gasteiger partial charge in [0.2, 0.25) is 21.8 Å². The average molecular weight is 452 g/mol. The van der Waals surface area contributed by atoms with Crippen LogP contribution in [0.15, 0.2) is 23.1 Å². The zero-order valence-electron chi connectivity index (χ0n) is 17.5. The summed E-state index contributed by atoms with van der Waals surface area (Å²) in [4.78, 5) is 26.9. The van der Waals surface area contributed by atoms with E-state index in [2.05, 4.69) is 5.32 Å².